The Labute approximate surface area is 193 Å². The predicted molar refractivity (Wildman–Crippen MR) is 127 cm³/mol. The number of hydrogen-bond donors (Lipinski definition) is 1. The SMILES string of the molecule is CCc1ccccc1-n1nnc(C(=O)Nc2nc(C)c(Cc3cccc(Br)c3)s2)c1C. The zero-order valence-electron chi connectivity index (χ0n) is 17.5. The van der Waals surface area contributed by atoms with Gasteiger partial charge in [0.1, 0.15) is 0 Å². The fourth-order valence-corrected chi connectivity index (χ4v) is 4.86. The van der Waals surface area contributed by atoms with E-state index in [0.29, 0.717) is 16.5 Å². The number of benzene rings is 2. The monoisotopic (exact) mass is 495 g/mol. The van der Waals surface area contributed by atoms with Crippen LogP contribution in [0.4, 0.5) is 5.13 Å². The summed E-state index contributed by atoms with van der Waals surface area (Å²) >= 11 is 4.99. The lowest BCUT2D eigenvalue weighted by molar-refractivity contribution is 0.102. The average molecular weight is 496 g/mol. The molecule has 0 aliphatic heterocycles. The van der Waals surface area contributed by atoms with Crippen LogP contribution in [-0.4, -0.2) is 25.9 Å². The molecule has 0 spiro atoms. The normalized spacial score (nSPS) is 11.0. The minimum absolute atomic E-state index is 0.298. The van der Waals surface area contributed by atoms with Gasteiger partial charge in [-0.3, -0.25) is 10.1 Å². The summed E-state index contributed by atoms with van der Waals surface area (Å²) in [5, 5.41) is 11.8. The highest BCUT2D eigenvalue weighted by Crippen LogP contribution is 2.27. The van der Waals surface area contributed by atoms with Crippen LogP contribution in [0.5, 0.6) is 0 Å². The fraction of sp³-hybridized carbons (Fsp3) is 0.217. The van der Waals surface area contributed by atoms with Crippen molar-refractivity contribution in [1.82, 2.24) is 20.0 Å². The molecular weight excluding hydrogens is 474 g/mol. The van der Waals surface area contributed by atoms with Gasteiger partial charge in [-0.15, -0.1) is 16.4 Å². The molecule has 0 radical (unpaired) electrons. The van der Waals surface area contributed by atoms with E-state index in [1.807, 2.05) is 44.2 Å². The van der Waals surface area contributed by atoms with Crippen LogP contribution >= 0.6 is 27.3 Å². The molecular formula is C23H22BrN5OS. The van der Waals surface area contributed by atoms with Gasteiger partial charge in [0.2, 0.25) is 0 Å². The molecule has 31 heavy (non-hydrogen) atoms. The first kappa shape index (κ1) is 21.4. The molecule has 158 valence electrons. The molecule has 0 unspecified atom stereocenters. The standard InChI is InChI=1S/C23H22BrN5OS/c1-4-17-9-5-6-11-19(17)29-15(3)21(27-28-29)22(30)26-23-25-14(2)20(31-23)13-16-8-7-10-18(24)12-16/h5-12H,4,13H2,1-3H3,(H,25,26,30). The summed E-state index contributed by atoms with van der Waals surface area (Å²) in [7, 11) is 0. The number of carbonyl (C=O) groups excluding carboxylic acids is 1. The summed E-state index contributed by atoms with van der Waals surface area (Å²) in [6.07, 6.45) is 1.64. The third-order valence-electron chi connectivity index (χ3n) is 5.08. The zero-order chi connectivity index (χ0) is 22.0. The van der Waals surface area contributed by atoms with E-state index in [4.69, 9.17) is 0 Å². The summed E-state index contributed by atoms with van der Waals surface area (Å²) < 4.78 is 2.77. The first-order valence-electron chi connectivity index (χ1n) is 9.99. The van der Waals surface area contributed by atoms with E-state index in [1.54, 1.807) is 4.68 Å². The van der Waals surface area contributed by atoms with Crippen molar-refractivity contribution in [1.29, 1.82) is 0 Å². The minimum Gasteiger partial charge on any atom is -0.296 e. The summed E-state index contributed by atoms with van der Waals surface area (Å²) in [6.45, 7) is 5.91. The number of para-hydroxylation sites is 1. The highest BCUT2D eigenvalue weighted by molar-refractivity contribution is 9.10. The summed E-state index contributed by atoms with van der Waals surface area (Å²) in [5.41, 5.74) is 5.18. The first-order valence-corrected chi connectivity index (χ1v) is 11.6. The second-order valence-electron chi connectivity index (χ2n) is 7.21. The third kappa shape index (κ3) is 4.60. The quantitative estimate of drug-likeness (QED) is 0.382. The van der Waals surface area contributed by atoms with Crippen molar-refractivity contribution in [2.75, 3.05) is 5.32 Å². The highest BCUT2D eigenvalue weighted by Gasteiger charge is 2.20. The number of aromatic nitrogens is 4. The number of anilines is 1. The minimum atomic E-state index is -0.305. The van der Waals surface area contributed by atoms with Crippen LogP contribution in [0.15, 0.2) is 53.0 Å². The van der Waals surface area contributed by atoms with Gasteiger partial charge in [0.25, 0.3) is 5.91 Å². The molecule has 2 aromatic carbocycles. The zero-order valence-corrected chi connectivity index (χ0v) is 19.9. The van der Waals surface area contributed by atoms with Gasteiger partial charge < -0.3 is 0 Å². The molecule has 8 heteroatoms. The van der Waals surface area contributed by atoms with Gasteiger partial charge in [0.05, 0.1) is 17.1 Å². The first-order chi connectivity index (χ1) is 15.0. The van der Waals surface area contributed by atoms with Gasteiger partial charge in [0.15, 0.2) is 10.8 Å². The van der Waals surface area contributed by atoms with Crippen LogP contribution in [0.3, 0.4) is 0 Å². The molecule has 0 saturated heterocycles. The van der Waals surface area contributed by atoms with Gasteiger partial charge in [-0.05, 0) is 49.6 Å². The number of nitrogens with one attached hydrogen (secondary N) is 1. The molecule has 0 aliphatic carbocycles. The van der Waals surface area contributed by atoms with Crippen LogP contribution in [0.25, 0.3) is 5.69 Å². The Hall–Kier alpha value is -2.84. The van der Waals surface area contributed by atoms with E-state index in [9.17, 15) is 4.79 Å². The molecule has 1 N–H and O–H groups in total. The maximum absolute atomic E-state index is 12.9. The molecule has 0 bridgehead atoms. The van der Waals surface area contributed by atoms with E-state index in [2.05, 4.69) is 61.7 Å². The van der Waals surface area contributed by atoms with Crippen molar-refractivity contribution in [3.05, 3.63) is 86.1 Å². The fourth-order valence-electron chi connectivity index (χ4n) is 3.42. The average Bonchev–Trinajstić information content (AvgIpc) is 3.30. The molecule has 6 nitrogen and oxygen atoms in total. The van der Waals surface area contributed by atoms with Gasteiger partial charge in [-0.2, -0.15) is 0 Å². The number of halogens is 1. The van der Waals surface area contributed by atoms with Crippen LogP contribution < -0.4 is 5.32 Å². The molecule has 2 aromatic heterocycles. The van der Waals surface area contributed by atoms with Gasteiger partial charge in [-0.25, -0.2) is 9.67 Å². The number of aryl methyl sites for hydroxylation is 2. The van der Waals surface area contributed by atoms with Crippen molar-refractivity contribution in [3.8, 4) is 5.69 Å². The lowest BCUT2D eigenvalue weighted by Crippen LogP contribution is -2.14. The lowest BCUT2D eigenvalue weighted by Gasteiger charge is -2.08. The molecule has 4 aromatic rings. The number of hydrogen-bond acceptors (Lipinski definition) is 5. The Morgan fingerprint density at radius 2 is 1.97 bits per heavy atom. The summed E-state index contributed by atoms with van der Waals surface area (Å²) in [4.78, 5) is 18.5. The van der Waals surface area contributed by atoms with Crippen molar-refractivity contribution >= 4 is 38.3 Å². The number of carbonyl (C=O) groups is 1. The summed E-state index contributed by atoms with van der Waals surface area (Å²) in [6, 6.07) is 16.2. The smallest absolute Gasteiger partial charge is 0.279 e. The van der Waals surface area contributed by atoms with E-state index in [1.165, 1.54) is 16.9 Å². The van der Waals surface area contributed by atoms with Crippen LogP contribution in [-0.2, 0) is 12.8 Å². The Kier molecular flexibility index (Phi) is 6.29. The van der Waals surface area contributed by atoms with Crippen molar-refractivity contribution in [2.45, 2.75) is 33.6 Å². The molecule has 1 amide bonds. The van der Waals surface area contributed by atoms with Crippen molar-refractivity contribution in [2.24, 2.45) is 0 Å². The molecule has 0 atom stereocenters. The Bertz CT molecular complexity index is 1250. The van der Waals surface area contributed by atoms with E-state index in [-0.39, 0.29) is 5.91 Å². The third-order valence-corrected chi connectivity index (χ3v) is 6.64. The number of thiazole rings is 1. The van der Waals surface area contributed by atoms with E-state index >= 15 is 0 Å². The maximum atomic E-state index is 12.9. The topological polar surface area (TPSA) is 72.7 Å². The van der Waals surface area contributed by atoms with Crippen LogP contribution in [0, 0.1) is 13.8 Å². The van der Waals surface area contributed by atoms with Gasteiger partial charge in [-0.1, -0.05) is 58.4 Å². The molecule has 4 rings (SSSR count). The number of amides is 1. The highest BCUT2D eigenvalue weighted by atomic mass is 79.9. The Morgan fingerprint density at radius 3 is 2.74 bits per heavy atom. The van der Waals surface area contributed by atoms with Crippen LogP contribution in [0.1, 0.15) is 44.8 Å². The second kappa shape index (κ2) is 9.11. The van der Waals surface area contributed by atoms with Gasteiger partial charge >= 0.3 is 0 Å². The van der Waals surface area contributed by atoms with E-state index in [0.717, 1.165) is 39.1 Å². The Balaban J connectivity index is 1.54. The van der Waals surface area contributed by atoms with Gasteiger partial charge in [0, 0.05) is 15.8 Å². The van der Waals surface area contributed by atoms with Crippen molar-refractivity contribution < 1.29 is 4.79 Å². The predicted octanol–water partition coefficient (Wildman–Crippen LogP) is 5.51. The molecule has 0 saturated carbocycles. The van der Waals surface area contributed by atoms with E-state index < -0.39 is 0 Å². The second-order valence-corrected chi connectivity index (χ2v) is 9.21. The summed E-state index contributed by atoms with van der Waals surface area (Å²) in [5.74, 6) is -0.305. The number of rotatable bonds is 6. The Morgan fingerprint density at radius 1 is 1.16 bits per heavy atom. The number of nitrogens with zero attached hydrogens (tertiary/aromatic N) is 4. The molecule has 0 fully saturated rings. The molecule has 0 aliphatic rings. The maximum Gasteiger partial charge on any atom is 0.279 e. The molecule has 2 heterocycles. The van der Waals surface area contributed by atoms with Crippen LogP contribution in [0.2, 0.25) is 0 Å². The lowest BCUT2D eigenvalue weighted by atomic mass is 10.1. The largest absolute Gasteiger partial charge is 0.296 e. The van der Waals surface area contributed by atoms with Crippen molar-refractivity contribution in [3.63, 3.8) is 0 Å².